The van der Waals surface area contributed by atoms with Gasteiger partial charge in [0.05, 0.1) is 0 Å². The van der Waals surface area contributed by atoms with Crippen molar-refractivity contribution < 1.29 is 4.39 Å². The van der Waals surface area contributed by atoms with Crippen LogP contribution in [0.2, 0.25) is 5.15 Å². The highest BCUT2D eigenvalue weighted by atomic mass is 35.5. The summed E-state index contributed by atoms with van der Waals surface area (Å²) in [6.07, 6.45) is 1.43. The SMILES string of the molecule is Cc1ncnc(Cl)c1C(C)c1cccc(F)c1. The van der Waals surface area contributed by atoms with Crippen molar-refractivity contribution in [2.75, 3.05) is 0 Å². The first-order valence-corrected chi connectivity index (χ1v) is 5.70. The van der Waals surface area contributed by atoms with E-state index in [1.54, 1.807) is 6.07 Å². The molecule has 0 fully saturated rings. The predicted molar refractivity (Wildman–Crippen MR) is 65.7 cm³/mol. The lowest BCUT2D eigenvalue weighted by Crippen LogP contribution is -2.03. The van der Waals surface area contributed by atoms with Crippen molar-refractivity contribution >= 4 is 11.6 Å². The number of aryl methyl sites for hydroxylation is 1. The zero-order valence-corrected chi connectivity index (χ0v) is 10.4. The lowest BCUT2D eigenvalue weighted by molar-refractivity contribution is 0.624. The molecule has 0 N–H and O–H groups in total. The van der Waals surface area contributed by atoms with Crippen molar-refractivity contribution in [3.63, 3.8) is 0 Å². The monoisotopic (exact) mass is 250 g/mol. The van der Waals surface area contributed by atoms with E-state index in [1.807, 2.05) is 19.9 Å². The summed E-state index contributed by atoms with van der Waals surface area (Å²) in [6, 6.07) is 6.49. The molecule has 0 bridgehead atoms. The van der Waals surface area contributed by atoms with Gasteiger partial charge in [-0.2, -0.15) is 0 Å². The van der Waals surface area contributed by atoms with Gasteiger partial charge in [0.15, 0.2) is 0 Å². The summed E-state index contributed by atoms with van der Waals surface area (Å²) >= 11 is 6.07. The van der Waals surface area contributed by atoms with Crippen molar-refractivity contribution in [1.29, 1.82) is 0 Å². The zero-order valence-electron chi connectivity index (χ0n) is 9.61. The van der Waals surface area contributed by atoms with E-state index < -0.39 is 0 Å². The normalized spacial score (nSPS) is 12.5. The topological polar surface area (TPSA) is 25.8 Å². The Balaban J connectivity index is 2.47. The maximum absolute atomic E-state index is 13.2. The average Bonchev–Trinajstić information content (AvgIpc) is 2.28. The Hall–Kier alpha value is -1.48. The van der Waals surface area contributed by atoms with E-state index in [9.17, 15) is 4.39 Å². The molecule has 0 saturated carbocycles. The van der Waals surface area contributed by atoms with Crippen LogP contribution in [0.5, 0.6) is 0 Å². The van der Waals surface area contributed by atoms with Gasteiger partial charge in [-0.3, -0.25) is 0 Å². The molecule has 0 saturated heterocycles. The number of rotatable bonds is 2. The molecule has 0 aliphatic rings. The van der Waals surface area contributed by atoms with Gasteiger partial charge in [-0.1, -0.05) is 30.7 Å². The molecule has 0 aliphatic heterocycles. The molecule has 0 amide bonds. The fourth-order valence-electron chi connectivity index (χ4n) is 1.89. The van der Waals surface area contributed by atoms with Crippen molar-refractivity contribution in [1.82, 2.24) is 9.97 Å². The Labute approximate surface area is 104 Å². The molecule has 2 rings (SSSR count). The zero-order chi connectivity index (χ0) is 12.4. The van der Waals surface area contributed by atoms with Gasteiger partial charge < -0.3 is 0 Å². The predicted octanol–water partition coefficient (Wildman–Crippen LogP) is 3.73. The maximum Gasteiger partial charge on any atom is 0.136 e. The van der Waals surface area contributed by atoms with Crippen LogP contribution in [0.1, 0.15) is 29.7 Å². The molecule has 88 valence electrons. The van der Waals surface area contributed by atoms with Gasteiger partial charge in [0, 0.05) is 17.2 Å². The fourth-order valence-corrected chi connectivity index (χ4v) is 2.23. The minimum absolute atomic E-state index is 0.0283. The molecule has 2 aromatic rings. The summed E-state index contributed by atoms with van der Waals surface area (Å²) in [5, 5.41) is 0.425. The Morgan fingerprint density at radius 1 is 1.29 bits per heavy atom. The quantitative estimate of drug-likeness (QED) is 0.759. The molecular weight excluding hydrogens is 239 g/mol. The first-order chi connectivity index (χ1) is 8.09. The first kappa shape index (κ1) is 12.0. The third kappa shape index (κ3) is 2.44. The van der Waals surface area contributed by atoms with Gasteiger partial charge in [-0.05, 0) is 24.6 Å². The minimum atomic E-state index is -0.250. The second-order valence-corrected chi connectivity index (χ2v) is 4.30. The van der Waals surface area contributed by atoms with E-state index in [0.29, 0.717) is 5.15 Å². The van der Waals surface area contributed by atoms with Gasteiger partial charge in [0.1, 0.15) is 17.3 Å². The van der Waals surface area contributed by atoms with E-state index in [2.05, 4.69) is 9.97 Å². The molecule has 4 heteroatoms. The smallest absolute Gasteiger partial charge is 0.136 e. The van der Waals surface area contributed by atoms with E-state index in [-0.39, 0.29) is 11.7 Å². The van der Waals surface area contributed by atoms with Crippen LogP contribution in [0.4, 0.5) is 4.39 Å². The summed E-state index contributed by atoms with van der Waals surface area (Å²) in [7, 11) is 0. The molecule has 0 radical (unpaired) electrons. The van der Waals surface area contributed by atoms with Crippen molar-refractivity contribution in [2.24, 2.45) is 0 Å². The van der Waals surface area contributed by atoms with Crippen molar-refractivity contribution in [3.8, 4) is 0 Å². The highest BCUT2D eigenvalue weighted by Crippen LogP contribution is 2.30. The van der Waals surface area contributed by atoms with Gasteiger partial charge in [0.2, 0.25) is 0 Å². The Morgan fingerprint density at radius 3 is 2.71 bits per heavy atom. The summed E-state index contributed by atoms with van der Waals surface area (Å²) in [6.45, 7) is 3.84. The lowest BCUT2D eigenvalue weighted by atomic mass is 9.93. The van der Waals surface area contributed by atoms with E-state index in [4.69, 9.17) is 11.6 Å². The summed E-state index contributed by atoms with van der Waals surface area (Å²) in [5.74, 6) is -0.278. The van der Waals surface area contributed by atoms with Crippen molar-refractivity contribution in [3.05, 3.63) is 58.4 Å². The molecule has 0 aliphatic carbocycles. The Morgan fingerprint density at radius 2 is 2.06 bits per heavy atom. The van der Waals surface area contributed by atoms with Gasteiger partial charge in [-0.15, -0.1) is 0 Å². The summed E-state index contributed by atoms with van der Waals surface area (Å²) < 4.78 is 13.2. The van der Waals surface area contributed by atoms with Crippen LogP contribution in [-0.2, 0) is 0 Å². The second kappa shape index (κ2) is 4.80. The van der Waals surface area contributed by atoms with Crippen LogP contribution in [0.25, 0.3) is 0 Å². The number of hydrogen-bond acceptors (Lipinski definition) is 2. The fraction of sp³-hybridized carbons (Fsp3) is 0.231. The van der Waals surface area contributed by atoms with E-state index in [1.165, 1.54) is 18.5 Å². The number of aromatic nitrogens is 2. The van der Waals surface area contributed by atoms with Crippen LogP contribution < -0.4 is 0 Å². The van der Waals surface area contributed by atoms with Gasteiger partial charge >= 0.3 is 0 Å². The van der Waals surface area contributed by atoms with Crippen LogP contribution in [0.3, 0.4) is 0 Å². The number of benzene rings is 1. The van der Waals surface area contributed by atoms with Crippen LogP contribution >= 0.6 is 11.6 Å². The molecule has 1 heterocycles. The lowest BCUT2D eigenvalue weighted by Gasteiger charge is -2.15. The minimum Gasteiger partial charge on any atom is -0.241 e. The number of halogens is 2. The largest absolute Gasteiger partial charge is 0.241 e. The number of nitrogens with zero attached hydrogens (tertiary/aromatic N) is 2. The third-order valence-electron chi connectivity index (χ3n) is 2.82. The molecule has 2 nitrogen and oxygen atoms in total. The maximum atomic E-state index is 13.2. The number of hydrogen-bond donors (Lipinski definition) is 0. The van der Waals surface area contributed by atoms with Crippen molar-refractivity contribution in [2.45, 2.75) is 19.8 Å². The second-order valence-electron chi connectivity index (χ2n) is 3.94. The highest BCUT2D eigenvalue weighted by Gasteiger charge is 2.16. The van der Waals surface area contributed by atoms with Crippen LogP contribution in [0, 0.1) is 12.7 Å². The summed E-state index contributed by atoms with van der Waals surface area (Å²) in [5.41, 5.74) is 2.53. The van der Waals surface area contributed by atoms with Gasteiger partial charge in [0.25, 0.3) is 0 Å². The molecule has 1 atom stereocenters. The standard InChI is InChI=1S/C13H12ClFN2/c1-8(10-4-3-5-11(15)6-10)12-9(2)16-7-17-13(12)14/h3-8H,1-2H3. The molecule has 1 aromatic heterocycles. The van der Waals surface area contributed by atoms with E-state index in [0.717, 1.165) is 16.8 Å². The molecule has 1 aromatic carbocycles. The van der Waals surface area contributed by atoms with E-state index >= 15 is 0 Å². The summed E-state index contributed by atoms with van der Waals surface area (Å²) in [4.78, 5) is 8.09. The first-order valence-electron chi connectivity index (χ1n) is 5.32. The average molecular weight is 251 g/mol. The molecule has 0 spiro atoms. The van der Waals surface area contributed by atoms with Gasteiger partial charge in [-0.25, -0.2) is 14.4 Å². The Bertz CT molecular complexity index is 522. The molecule has 1 unspecified atom stereocenters. The Kier molecular flexibility index (Phi) is 3.38. The molecular formula is C13H12ClFN2. The highest BCUT2D eigenvalue weighted by molar-refractivity contribution is 6.30. The molecule has 17 heavy (non-hydrogen) atoms. The third-order valence-corrected chi connectivity index (χ3v) is 3.12. The van der Waals surface area contributed by atoms with Crippen LogP contribution in [-0.4, -0.2) is 9.97 Å². The van der Waals surface area contributed by atoms with Crippen LogP contribution in [0.15, 0.2) is 30.6 Å².